The first kappa shape index (κ1) is 31.1. The van der Waals surface area contributed by atoms with Crippen LogP contribution in [-0.4, -0.2) is 83.6 Å². The number of likely N-dealkylation sites (N-methyl/N-ethyl adjacent to an activating group) is 1. The fourth-order valence-electron chi connectivity index (χ4n) is 6.98. The third-order valence-electron chi connectivity index (χ3n) is 9.86. The number of carbonyl (C=O) groups is 1. The van der Waals surface area contributed by atoms with Crippen molar-refractivity contribution in [3.8, 4) is 12.1 Å². The van der Waals surface area contributed by atoms with Crippen molar-refractivity contribution in [3.05, 3.63) is 65.3 Å². The molecule has 6 rings (SSSR count). The Labute approximate surface area is 271 Å². The summed E-state index contributed by atoms with van der Waals surface area (Å²) < 4.78 is 6.42. The van der Waals surface area contributed by atoms with Gasteiger partial charge in [-0.15, -0.1) is 0 Å². The van der Waals surface area contributed by atoms with Gasteiger partial charge in [-0.1, -0.05) is 55.8 Å². The summed E-state index contributed by atoms with van der Waals surface area (Å²) in [7, 11) is 2.20. The predicted molar refractivity (Wildman–Crippen MR) is 179 cm³/mol. The van der Waals surface area contributed by atoms with E-state index >= 15 is 0 Å². The molecule has 0 radical (unpaired) electrons. The lowest BCUT2D eigenvalue weighted by Gasteiger charge is -2.42. The summed E-state index contributed by atoms with van der Waals surface area (Å²) in [5.74, 6) is 0.703. The van der Waals surface area contributed by atoms with E-state index in [1.54, 1.807) is 4.90 Å². The largest absolute Gasteiger partial charge is 0.462 e. The van der Waals surface area contributed by atoms with E-state index in [1.165, 1.54) is 25.3 Å². The van der Waals surface area contributed by atoms with Gasteiger partial charge in [0.05, 0.1) is 35.8 Å². The van der Waals surface area contributed by atoms with Crippen molar-refractivity contribution in [2.45, 2.75) is 70.1 Å². The third-order valence-corrected chi connectivity index (χ3v) is 10.2. The molecule has 10 heteroatoms. The van der Waals surface area contributed by atoms with Crippen molar-refractivity contribution >= 4 is 39.8 Å². The number of rotatable bonds is 10. The number of aromatic nitrogens is 2. The Morgan fingerprint density at radius 3 is 2.71 bits per heavy atom. The van der Waals surface area contributed by atoms with E-state index in [9.17, 15) is 10.1 Å². The van der Waals surface area contributed by atoms with Gasteiger partial charge in [0.25, 0.3) is 0 Å². The number of benzene rings is 2. The minimum Gasteiger partial charge on any atom is -0.462 e. The topological polar surface area (TPSA) is 88.8 Å². The van der Waals surface area contributed by atoms with E-state index in [-0.39, 0.29) is 24.4 Å². The normalized spacial score (nSPS) is 19.2. The number of piperazine rings is 1. The molecule has 236 valence electrons. The average molecular weight is 628 g/mol. The van der Waals surface area contributed by atoms with Crippen molar-refractivity contribution < 1.29 is 9.53 Å². The zero-order valence-corrected chi connectivity index (χ0v) is 27.0. The number of anilines is 2. The minimum absolute atomic E-state index is 0.144. The number of fused-ring (bicyclic) bond motifs is 2. The number of carbonyl (C=O) groups excluding carboxylic acids is 1. The standard InChI is InChI=1S/C35H42ClN7O2/c1-4-25(40(3)26-11-8-12-26)23-45-35-38-30-22-41(31-14-7-10-24-9-6-13-29(36)33(24)31)18-16-28(30)34(39-35)42-19-20-43(32(44)5-2)27(21-42)15-17-37/h5-7,9-10,13-14,25-27H,2,4,8,11-12,15-16,18-23H2,1,3H3/t25-,27?/m0/s1. The maximum atomic E-state index is 12.6. The van der Waals surface area contributed by atoms with Crippen LogP contribution in [0.1, 0.15) is 50.3 Å². The maximum Gasteiger partial charge on any atom is 0.318 e. The molecule has 1 unspecified atom stereocenters. The van der Waals surface area contributed by atoms with Crippen molar-refractivity contribution in [2.24, 2.45) is 0 Å². The van der Waals surface area contributed by atoms with Gasteiger partial charge >= 0.3 is 6.01 Å². The highest BCUT2D eigenvalue weighted by atomic mass is 35.5. The van der Waals surface area contributed by atoms with Gasteiger partial charge in [-0.05, 0) is 56.3 Å². The highest BCUT2D eigenvalue weighted by Gasteiger charge is 2.34. The molecular formula is C35H42ClN7O2. The van der Waals surface area contributed by atoms with Crippen LogP contribution in [-0.2, 0) is 17.8 Å². The molecule has 1 saturated carbocycles. The maximum absolute atomic E-state index is 12.6. The van der Waals surface area contributed by atoms with Crippen LogP contribution in [0.15, 0.2) is 49.1 Å². The Hall–Kier alpha value is -3.87. The number of ether oxygens (including phenoxy) is 1. The lowest BCUT2D eigenvalue weighted by Crippen LogP contribution is -2.55. The quantitative estimate of drug-likeness (QED) is 0.268. The predicted octanol–water partition coefficient (Wildman–Crippen LogP) is 5.60. The minimum atomic E-state index is -0.247. The van der Waals surface area contributed by atoms with Crippen LogP contribution in [0.25, 0.3) is 10.8 Å². The second-order valence-corrected chi connectivity index (χ2v) is 12.8. The zero-order chi connectivity index (χ0) is 31.5. The molecule has 9 nitrogen and oxygen atoms in total. The molecule has 3 aromatic rings. The molecule has 3 heterocycles. The van der Waals surface area contributed by atoms with Crippen LogP contribution < -0.4 is 14.5 Å². The molecule has 1 amide bonds. The van der Waals surface area contributed by atoms with Gasteiger partial charge in [-0.25, -0.2) is 0 Å². The summed E-state index contributed by atoms with van der Waals surface area (Å²) in [5, 5.41) is 12.5. The smallest absolute Gasteiger partial charge is 0.318 e. The molecule has 0 spiro atoms. The molecular weight excluding hydrogens is 586 g/mol. The molecule has 45 heavy (non-hydrogen) atoms. The Morgan fingerprint density at radius 1 is 1.20 bits per heavy atom. The lowest BCUT2D eigenvalue weighted by atomic mass is 9.90. The van der Waals surface area contributed by atoms with E-state index in [1.807, 2.05) is 12.1 Å². The van der Waals surface area contributed by atoms with Crippen LogP contribution >= 0.6 is 11.6 Å². The number of nitrogens with zero attached hydrogens (tertiary/aromatic N) is 7. The van der Waals surface area contributed by atoms with E-state index in [0.29, 0.717) is 44.8 Å². The summed E-state index contributed by atoms with van der Waals surface area (Å²) in [5.41, 5.74) is 3.13. The average Bonchev–Trinajstić information content (AvgIpc) is 3.03. The molecule has 2 aromatic carbocycles. The van der Waals surface area contributed by atoms with Gasteiger partial charge in [-0.3, -0.25) is 9.69 Å². The summed E-state index contributed by atoms with van der Waals surface area (Å²) in [6.45, 7) is 9.39. The fraction of sp³-hybridized carbons (Fsp3) is 0.486. The first-order valence-corrected chi connectivity index (χ1v) is 16.5. The van der Waals surface area contributed by atoms with Crippen LogP contribution in [0.2, 0.25) is 5.02 Å². The summed E-state index contributed by atoms with van der Waals surface area (Å²) in [6.07, 6.45) is 7.08. The lowest BCUT2D eigenvalue weighted by molar-refractivity contribution is -0.128. The van der Waals surface area contributed by atoms with Crippen molar-refractivity contribution in [1.29, 1.82) is 5.26 Å². The molecule has 1 saturated heterocycles. The zero-order valence-electron chi connectivity index (χ0n) is 26.3. The van der Waals surface area contributed by atoms with E-state index in [2.05, 4.69) is 65.6 Å². The van der Waals surface area contributed by atoms with Crippen molar-refractivity contribution in [3.63, 3.8) is 0 Å². The van der Waals surface area contributed by atoms with E-state index in [4.69, 9.17) is 26.3 Å². The Morgan fingerprint density at radius 2 is 2.00 bits per heavy atom. The molecule has 0 bridgehead atoms. The molecule has 3 aliphatic rings. The van der Waals surface area contributed by atoms with Crippen LogP contribution in [0.4, 0.5) is 11.5 Å². The highest BCUT2D eigenvalue weighted by Crippen LogP contribution is 2.37. The molecule has 2 fully saturated rings. The summed E-state index contributed by atoms with van der Waals surface area (Å²) in [4.78, 5) is 31.4. The highest BCUT2D eigenvalue weighted by molar-refractivity contribution is 6.36. The van der Waals surface area contributed by atoms with Crippen LogP contribution in [0.5, 0.6) is 6.01 Å². The Bertz CT molecular complexity index is 1600. The van der Waals surface area contributed by atoms with Crippen molar-refractivity contribution in [1.82, 2.24) is 19.8 Å². The molecule has 2 aliphatic heterocycles. The number of halogens is 1. The van der Waals surface area contributed by atoms with Crippen molar-refractivity contribution in [2.75, 3.05) is 49.6 Å². The fourth-order valence-corrected chi connectivity index (χ4v) is 7.26. The van der Waals surface area contributed by atoms with Gasteiger partial charge < -0.3 is 19.4 Å². The SMILES string of the molecule is C=CC(=O)N1CCN(c2nc(OC[C@H](CC)N(C)C3CCC3)nc3c2CCN(c2cccc4cccc(Cl)c24)C3)CC1CC#N. The molecule has 2 atom stereocenters. The summed E-state index contributed by atoms with van der Waals surface area (Å²) in [6, 6.07) is 15.6. The Balaban J connectivity index is 1.33. The van der Waals surface area contributed by atoms with Gasteiger partial charge in [-0.2, -0.15) is 15.2 Å². The summed E-state index contributed by atoms with van der Waals surface area (Å²) >= 11 is 6.72. The van der Waals surface area contributed by atoms with Gasteiger partial charge in [0.2, 0.25) is 5.91 Å². The first-order valence-electron chi connectivity index (χ1n) is 16.1. The molecule has 0 N–H and O–H groups in total. The number of hydrogen-bond acceptors (Lipinski definition) is 8. The number of nitriles is 1. The van der Waals surface area contributed by atoms with E-state index < -0.39 is 0 Å². The van der Waals surface area contributed by atoms with Gasteiger partial charge in [0.1, 0.15) is 12.4 Å². The number of hydrogen-bond donors (Lipinski definition) is 0. The molecule has 1 aromatic heterocycles. The van der Waals surface area contributed by atoms with Gasteiger partial charge in [0.15, 0.2) is 0 Å². The monoisotopic (exact) mass is 627 g/mol. The molecule has 1 aliphatic carbocycles. The first-order chi connectivity index (χ1) is 21.9. The van der Waals surface area contributed by atoms with E-state index in [0.717, 1.165) is 57.9 Å². The van der Waals surface area contributed by atoms with Gasteiger partial charge in [0, 0.05) is 54.9 Å². The number of amides is 1. The second kappa shape index (κ2) is 13.6. The van der Waals surface area contributed by atoms with Crippen LogP contribution in [0.3, 0.4) is 0 Å². The second-order valence-electron chi connectivity index (χ2n) is 12.4. The third kappa shape index (κ3) is 6.31. The Kier molecular flexibility index (Phi) is 9.43. The van der Waals surface area contributed by atoms with Crippen LogP contribution in [0, 0.1) is 11.3 Å².